The van der Waals surface area contributed by atoms with Crippen LogP contribution in [0, 0.1) is 24.7 Å². The number of hydrogen-bond donors (Lipinski definition) is 2. The number of rotatable bonds is 35. The van der Waals surface area contributed by atoms with E-state index in [1.165, 1.54) is 180 Å². The molecular weight excluding hydrogens is 548 g/mol. The number of aliphatic hydroxyl groups excluding tert-OH is 2. The van der Waals surface area contributed by atoms with Crippen LogP contribution in [0.4, 0.5) is 0 Å². The Balaban J connectivity index is 3.13. The summed E-state index contributed by atoms with van der Waals surface area (Å²) in [6.07, 6.45) is 63.1. The SMILES string of the molecule is C#C[C@H](O)/C=C/C/C=C\CCCCCCCCCCCCCCCCCCCCCCCCCCCCCC/C=C/[C@@H](O)C#C. The summed E-state index contributed by atoms with van der Waals surface area (Å²) < 4.78 is 0. The predicted octanol–water partition coefficient (Wildman–Crippen LogP) is 12.7. The van der Waals surface area contributed by atoms with Crippen molar-refractivity contribution in [1.82, 2.24) is 0 Å². The van der Waals surface area contributed by atoms with Gasteiger partial charge in [-0.25, -0.2) is 0 Å². The third-order valence-electron chi connectivity index (χ3n) is 8.91. The van der Waals surface area contributed by atoms with E-state index in [0.29, 0.717) is 0 Å². The van der Waals surface area contributed by atoms with Crippen molar-refractivity contribution in [2.24, 2.45) is 0 Å². The number of hydrogen-bond acceptors (Lipinski definition) is 2. The van der Waals surface area contributed by atoms with Crippen molar-refractivity contribution in [2.45, 2.75) is 211 Å². The van der Waals surface area contributed by atoms with Crippen LogP contribution >= 0.6 is 0 Å². The first-order chi connectivity index (χ1) is 22.2. The number of unbranched alkanes of at least 4 members (excludes halogenated alkanes) is 29. The summed E-state index contributed by atoms with van der Waals surface area (Å²) in [6, 6.07) is 0. The molecule has 0 fully saturated rings. The van der Waals surface area contributed by atoms with Crippen LogP contribution in [0.2, 0.25) is 0 Å². The normalized spacial score (nSPS) is 13.2. The Labute approximate surface area is 282 Å². The van der Waals surface area contributed by atoms with E-state index >= 15 is 0 Å². The zero-order chi connectivity index (χ0) is 32.7. The third-order valence-corrected chi connectivity index (χ3v) is 8.91. The minimum absolute atomic E-state index is 0.712. The molecule has 258 valence electrons. The van der Waals surface area contributed by atoms with Crippen molar-refractivity contribution in [3.63, 3.8) is 0 Å². The van der Waals surface area contributed by atoms with Gasteiger partial charge in [-0.1, -0.05) is 203 Å². The van der Waals surface area contributed by atoms with E-state index < -0.39 is 12.2 Å². The van der Waals surface area contributed by atoms with Gasteiger partial charge in [0.25, 0.3) is 0 Å². The van der Waals surface area contributed by atoms with Gasteiger partial charge in [0.1, 0.15) is 12.2 Å². The summed E-state index contributed by atoms with van der Waals surface area (Å²) in [5, 5.41) is 18.5. The summed E-state index contributed by atoms with van der Waals surface area (Å²) in [5.41, 5.74) is 0. The van der Waals surface area contributed by atoms with Gasteiger partial charge >= 0.3 is 0 Å². The second kappa shape index (κ2) is 38.4. The standard InChI is InChI=1S/C43H74O2/c1-3-42(44)40-38-36-34-32-30-28-26-24-22-20-18-16-14-12-10-8-6-5-7-9-11-13-15-17-19-21-23-25-27-29-31-33-35-37-39-41-43(45)4-2/h1-2,32,34,38-45H,5-31,33,35-37H2/b34-32-,40-38+,41-39+/t42-,43-/m0/s1. The van der Waals surface area contributed by atoms with Crippen molar-refractivity contribution in [1.29, 1.82) is 0 Å². The van der Waals surface area contributed by atoms with Gasteiger partial charge in [-0.3, -0.25) is 0 Å². The molecule has 0 aromatic rings. The second-order valence-corrected chi connectivity index (χ2v) is 13.3. The maximum absolute atomic E-state index is 9.26. The number of aliphatic hydroxyl groups is 2. The first-order valence-electron chi connectivity index (χ1n) is 19.5. The fourth-order valence-electron chi connectivity index (χ4n) is 5.96. The lowest BCUT2D eigenvalue weighted by Crippen LogP contribution is -1.95. The zero-order valence-electron chi connectivity index (χ0n) is 29.6. The fraction of sp³-hybridized carbons (Fsp3) is 0.767. The number of terminal acetylenes is 2. The molecule has 0 amide bonds. The van der Waals surface area contributed by atoms with Gasteiger partial charge in [0.15, 0.2) is 0 Å². The molecule has 0 saturated heterocycles. The van der Waals surface area contributed by atoms with Crippen molar-refractivity contribution in [2.75, 3.05) is 0 Å². The van der Waals surface area contributed by atoms with E-state index in [-0.39, 0.29) is 0 Å². The monoisotopic (exact) mass is 623 g/mol. The van der Waals surface area contributed by atoms with Crippen LogP contribution in [0.5, 0.6) is 0 Å². The molecule has 0 aliphatic rings. The topological polar surface area (TPSA) is 40.5 Å². The average Bonchev–Trinajstić information content (AvgIpc) is 3.05. The van der Waals surface area contributed by atoms with E-state index in [9.17, 15) is 10.2 Å². The lowest BCUT2D eigenvalue weighted by atomic mass is 10.0. The maximum Gasteiger partial charge on any atom is 0.133 e. The van der Waals surface area contributed by atoms with E-state index in [1.807, 2.05) is 12.2 Å². The lowest BCUT2D eigenvalue weighted by Gasteiger charge is -2.04. The minimum Gasteiger partial charge on any atom is -0.377 e. The highest BCUT2D eigenvalue weighted by molar-refractivity contribution is 5.07. The number of allylic oxidation sites excluding steroid dienone is 4. The van der Waals surface area contributed by atoms with E-state index in [4.69, 9.17) is 12.8 Å². The molecule has 2 heteroatoms. The molecule has 0 unspecified atom stereocenters. The van der Waals surface area contributed by atoms with Gasteiger partial charge in [0.2, 0.25) is 0 Å². The third kappa shape index (κ3) is 38.4. The minimum atomic E-state index is -0.745. The first kappa shape index (κ1) is 43.3. The van der Waals surface area contributed by atoms with Gasteiger partial charge in [-0.05, 0) is 44.3 Å². The summed E-state index contributed by atoms with van der Waals surface area (Å²) >= 11 is 0. The molecule has 0 aromatic carbocycles. The van der Waals surface area contributed by atoms with Gasteiger partial charge in [-0.2, -0.15) is 0 Å². The van der Waals surface area contributed by atoms with Gasteiger partial charge in [0, 0.05) is 0 Å². The van der Waals surface area contributed by atoms with Gasteiger partial charge in [-0.15, -0.1) is 12.8 Å². The molecule has 2 atom stereocenters. The van der Waals surface area contributed by atoms with Crippen LogP contribution in [0.3, 0.4) is 0 Å². The maximum atomic E-state index is 9.26. The quantitative estimate of drug-likeness (QED) is 0.0419. The largest absolute Gasteiger partial charge is 0.377 e. The smallest absolute Gasteiger partial charge is 0.133 e. The molecule has 0 spiro atoms. The Kier molecular flexibility index (Phi) is 37.0. The summed E-state index contributed by atoms with van der Waals surface area (Å²) in [6.45, 7) is 0. The zero-order valence-corrected chi connectivity index (χ0v) is 29.6. The van der Waals surface area contributed by atoms with E-state index in [0.717, 1.165) is 19.3 Å². The van der Waals surface area contributed by atoms with Crippen LogP contribution in [0.1, 0.15) is 199 Å². The van der Waals surface area contributed by atoms with Crippen LogP contribution in [0.25, 0.3) is 0 Å². The van der Waals surface area contributed by atoms with Crippen LogP contribution in [-0.2, 0) is 0 Å². The lowest BCUT2D eigenvalue weighted by molar-refractivity contribution is 0.280. The van der Waals surface area contributed by atoms with Crippen molar-refractivity contribution in [3.05, 3.63) is 36.5 Å². The Morgan fingerprint density at radius 1 is 0.333 bits per heavy atom. The molecule has 0 heterocycles. The van der Waals surface area contributed by atoms with Crippen molar-refractivity contribution >= 4 is 0 Å². The van der Waals surface area contributed by atoms with Crippen molar-refractivity contribution < 1.29 is 10.2 Å². The predicted molar refractivity (Wildman–Crippen MR) is 200 cm³/mol. The van der Waals surface area contributed by atoms with Gasteiger partial charge < -0.3 is 10.2 Å². The fourth-order valence-corrected chi connectivity index (χ4v) is 5.96. The molecule has 0 bridgehead atoms. The molecule has 0 aromatic heterocycles. The highest BCUT2D eigenvalue weighted by atomic mass is 16.3. The molecule has 0 rings (SSSR count). The highest BCUT2D eigenvalue weighted by Gasteiger charge is 1.97. The molecule has 0 aliphatic carbocycles. The Morgan fingerprint density at radius 3 is 0.867 bits per heavy atom. The highest BCUT2D eigenvalue weighted by Crippen LogP contribution is 2.16. The van der Waals surface area contributed by atoms with Crippen molar-refractivity contribution in [3.8, 4) is 24.7 Å². The van der Waals surface area contributed by atoms with Crippen LogP contribution in [0.15, 0.2) is 36.5 Å². The van der Waals surface area contributed by atoms with Crippen LogP contribution < -0.4 is 0 Å². The molecule has 0 aliphatic heterocycles. The van der Waals surface area contributed by atoms with Gasteiger partial charge in [0.05, 0.1) is 0 Å². The first-order valence-corrected chi connectivity index (χ1v) is 19.5. The van der Waals surface area contributed by atoms with Crippen LogP contribution in [-0.4, -0.2) is 22.4 Å². The molecule has 2 N–H and O–H groups in total. The Morgan fingerprint density at radius 2 is 0.578 bits per heavy atom. The summed E-state index contributed by atoms with van der Waals surface area (Å²) in [5.74, 6) is 4.59. The second-order valence-electron chi connectivity index (χ2n) is 13.3. The van der Waals surface area contributed by atoms with E-state index in [1.54, 1.807) is 12.2 Å². The molecular formula is C43H74O2. The molecule has 45 heavy (non-hydrogen) atoms. The molecule has 0 saturated carbocycles. The summed E-state index contributed by atoms with van der Waals surface area (Å²) in [7, 11) is 0. The summed E-state index contributed by atoms with van der Waals surface area (Å²) in [4.78, 5) is 0. The molecule has 0 radical (unpaired) electrons. The van der Waals surface area contributed by atoms with E-state index in [2.05, 4.69) is 24.0 Å². The average molecular weight is 623 g/mol. The Bertz CT molecular complexity index is 749. The Hall–Kier alpha value is -1.74. The molecule has 2 nitrogen and oxygen atoms in total.